The lowest BCUT2D eigenvalue weighted by atomic mass is 9.95. The second kappa shape index (κ2) is 8.12. The summed E-state index contributed by atoms with van der Waals surface area (Å²) >= 11 is 0. The molecular formula is C8H13N3O9. The van der Waals surface area contributed by atoms with Gasteiger partial charge in [0, 0.05) is 0 Å². The summed E-state index contributed by atoms with van der Waals surface area (Å²) in [6.45, 7) is 0. The van der Waals surface area contributed by atoms with Crippen LogP contribution in [0.1, 0.15) is 12.8 Å². The molecule has 0 rings (SSSR count). The van der Waals surface area contributed by atoms with Crippen LogP contribution in [-0.4, -0.2) is 56.0 Å². The summed E-state index contributed by atoms with van der Waals surface area (Å²) in [6, 6.07) is 0. The molecule has 0 amide bonds. The normalized spacial score (nSPS) is 9.60. The van der Waals surface area contributed by atoms with E-state index in [1.54, 1.807) is 0 Å². The molecule has 0 saturated heterocycles. The van der Waals surface area contributed by atoms with Gasteiger partial charge in [-0.15, -0.1) is 0 Å². The first-order valence-corrected chi connectivity index (χ1v) is 4.61. The molecule has 0 aliphatic rings. The molecule has 0 aliphatic heterocycles. The number of rotatable bonds is 6. The van der Waals surface area contributed by atoms with Crippen LogP contribution in [0.5, 0.6) is 0 Å². The van der Waals surface area contributed by atoms with Crippen molar-refractivity contribution < 1.29 is 44.3 Å². The maximum Gasteiger partial charge on any atom is 0.506 e. The van der Waals surface area contributed by atoms with Gasteiger partial charge in [0.1, 0.15) is 0 Å². The van der Waals surface area contributed by atoms with Crippen molar-refractivity contribution in [3.8, 4) is 0 Å². The molecule has 0 bridgehead atoms. The van der Waals surface area contributed by atoms with Crippen LogP contribution in [-0.2, 0) is 19.1 Å². The number of hydrogen-bond donors (Lipinski definition) is 7. The third-order valence-electron chi connectivity index (χ3n) is 1.55. The van der Waals surface area contributed by atoms with Crippen LogP contribution >= 0.6 is 0 Å². The van der Waals surface area contributed by atoms with Gasteiger partial charge in [-0.25, -0.2) is 9.59 Å². The van der Waals surface area contributed by atoms with Crippen molar-refractivity contribution in [2.24, 2.45) is 11.5 Å². The summed E-state index contributed by atoms with van der Waals surface area (Å²) in [5.41, 5.74) is 6.13. The number of guanidine groups is 1. The lowest BCUT2D eigenvalue weighted by Gasteiger charge is -2.24. The fourth-order valence-electron chi connectivity index (χ4n) is 0.985. The van der Waals surface area contributed by atoms with E-state index in [1.165, 1.54) is 0 Å². The highest BCUT2D eigenvalue weighted by atomic mass is 16.7. The van der Waals surface area contributed by atoms with Gasteiger partial charge in [0.25, 0.3) is 0 Å². The molecule has 0 unspecified atom stereocenters. The van der Waals surface area contributed by atoms with E-state index in [4.69, 9.17) is 25.8 Å². The molecule has 0 saturated carbocycles. The summed E-state index contributed by atoms with van der Waals surface area (Å²) in [6.07, 6.45) is -4.62. The van der Waals surface area contributed by atoms with Crippen LogP contribution in [0.2, 0.25) is 0 Å². The van der Waals surface area contributed by atoms with Gasteiger partial charge in [-0.2, -0.15) is 0 Å². The van der Waals surface area contributed by atoms with E-state index in [0.717, 1.165) is 0 Å². The summed E-state index contributed by atoms with van der Waals surface area (Å²) in [5.74, 6) is -5.69. The topological polar surface area (TPSA) is 234 Å². The van der Waals surface area contributed by atoms with Gasteiger partial charge >= 0.3 is 24.1 Å². The average molecular weight is 295 g/mol. The molecule has 0 fully saturated rings. The van der Waals surface area contributed by atoms with E-state index >= 15 is 0 Å². The summed E-state index contributed by atoms with van der Waals surface area (Å²) in [7, 11) is 0. The van der Waals surface area contributed by atoms with Crippen molar-refractivity contribution in [1.82, 2.24) is 0 Å². The van der Waals surface area contributed by atoms with Gasteiger partial charge in [0.05, 0.1) is 12.8 Å². The SMILES string of the molecule is N=C(N)N.O=C(O)CC(CC(=O)O)(OC(=O)O)C(=O)O. The number of nitrogens with one attached hydrogen (secondary N) is 1. The van der Waals surface area contributed by atoms with Crippen molar-refractivity contribution in [2.45, 2.75) is 18.4 Å². The van der Waals surface area contributed by atoms with E-state index in [1.807, 2.05) is 0 Å². The molecule has 0 aliphatic carbocycles. The highest BCUT2D eigenvalue weighted by molar-refractivity contribution is 5.89. The van der Waals surface area contributed by atoms with E-state index in [0.29, 0.717) is 0 Å². The molecule has 12 nitrogen and oxygen atoms in total. The lowest BCUT2D eigenvalue weighted by Crippen LogP contribution is -2.46. The average Bonchev–Trinajstić information content (AvgIpc) is 2.11. The molecule has 0 spiro atoms. The summed E-state index contributed by atoms with van der Waals surface area (Å²) < 4.78 is 3.88. The number of carboxylic acids is 3. The van der Waals surface area contributed by atoms with E-state index in [2.05, 4.69) is 16.2 Å². The van der Waals surface area contributed by atoms with Crippen LogP contribution < -0.4 is 11.5 Å². The Bertz CT molecular complexity index is 375. The monoisotopic (exact) mass is 295 g/mol. The number of aliphatic carboxylic acids is 3. The predicted molar refractivity (Wildman–Crippen MR) is 60.1 cm³/mol. The molecule has 0 heterocycles. The molecule has 12 heteroatoms. The molecule has 0 aromatic carbocycles. The summed E-state index contributed by atoms with van der Waals surface area (Å²) in [5, 5.41) is 39.8. The third-order valence-corrected chi connectivity index (χ3v) is 1.55. The first-order chi connectivity index (χ1) is 8.92. The van der Waals surface area contributed by atoms with Crippen LogP contribution in [0, 0.1) is 5.41 Å². The maximum atomic E-state index is 10.7. The van der Waals surface area contributed by atoms with Crippen molar-refractivity contribution in [3.63, 3.8) is 0 Å². The molecular weight excluding hydrogens is 282 g/mol. The number of carbonyl (C=O) groups is 4. The van der Waals surface area contributed by atoms with Gasteiger partial charge < -0.3 is 36.6 Å². The maximum absolute atomic E-state index is 10.7. The number of carboxylic acid groups (broad SMARTS) is 4. The second-order valence-corrected chi connectivity index (χ2v) is 3.26. The minimum Gasteiger partial charge on any atom is -0.481 e. The minimum absolute atomic E-state index is 0.333. The Morgan fingerprint density at radius 1 is 0.950 bits per heavy atom. The van der Waals surface area contributed by atoms with E-state index in [-0.39, 0.29) is 5.96 Å². The predicted octanol–water partition coefficient (Wildman–Crippen LogP) is -1.71. The van der Waals surface area contributed by atoms with Crippen LogP contribution in [0.3, 0.4) is 0 Å². The summed E-state index contributed by atoms with van der Waals surface area (Å²) in [4.78, 5) is 41.6. The Morgan fingerprint density at radius 3 is 1.40 bits per heavy atom. The van der Waals surface area contributed by atoms with Gasteiger partial charge in [-0.05, 0) is 0 Å². The Hall–Kier alpha value is -3.05. The fraction of sp³-hybridized carbons (Fsp3) is 0.375. The zero-order valence-electron chi connectivity index (χ0n) is 9.90. The zero-order valence-corrected chi connectivity index (χ0v) is 9.90. The van der Waals surface area contributed by atoms with E-state index < -0.39 is 42.5 Å². The first kappa shape index (κ1) is 19.3. The Kier molecular flexibility index (Phi) is 7.84. The van der Waals surface area contributed by atoms with Crippen molar-refractivity contribution >= 4 is 30.0 Å². The largest absolute Gasteiger partial charge is 0.506 e. The highest BCUT2D eigenvalue weighted by Gasteiger charge is 2.47. The van der Waals surface area contributed by atoms with Gasteiger partial charge in [0.15, 0.2) is 5.96 Å². The minimum atomic E-state index is -2.82. The Labute approximate surface area is 111 Å². The second-order valence-electron chi connectivity index (χ2n) is 3.26. The fourth-order valence-corrected chi connectivity index (χ4v) is 0.985. The highest BCUT2D eigenvalue weighted by Crippen LogP contribution is 2.22. The van der Waals surface area contributed by atoms with Crippen molar-refractivity contribution in [3.05, 3.63) is 0 Å². The van der Waals surface area contributed by atoms with Gasteiger partial charge in [-0.3, -0.25) is 15.0 Å². The van der Waals surface area contributed by atoms with Crippen LogP contribution in [0.4, 0.5) is 4.79 Å². The van der Waals surface area contributed by atoms with E-state index in [9.17, 15) is 19.2 Å². The molecule has 0 atom stereocenters. The number of nitrogens with two attached hydrogens (primary N) is 2. The van der Waals surface area contributed by atoms with Gasteiger partial charge in [-0.1, -0.05) is 0 Å². The number of hydrogen-bond acceptors (Lipinski definition) is 6. The first-order valence-electron chi connectivity index (χ1n) is 4.61. The zero-order chi connectivity index (χ0) is 16.5. The molecule has 20 heavy (non-hydrogen) atoms. The van der Waals surface area contributed by atoms with Gasteiger partial charge in [0.2, 0.25) is 5.60 Å². The quantitative estimate of drug-likeness (QED) is 0.165. The van der Waals surface area contributed by atoms with Crippen LogP contribution in [0.25, 0.3) is 0 Å². The van der Waals surface area contributed by atoms with Crippen molar-refractivity contribution in [1.29, 1.82) is 5.41 Å². The Balaban J connectivity index is 0. The van der Waals surface area contributed by atoms with Crippen LogP contribution in [0.15, 0.2) is 0 Å². The van der Waals surface area contributed by atoms with Crippen molar-refractivity contribution in [2.75, 3.05) is 0 Å². The molecule has 114 valence electrons. The standard InChI is InChI=1S/C7H8O9.CH5N3/c8-3(9)1-7(5(12)13,2-4(10)11)16-6(14)15;2-1(3)4/h1-2H2,(H,8,9)(H,10,11)(H,12,13)(H,14,15);(H5,2,3,4). The number of ether oxygens (including phenoxy) is 1. The molecule has 0 aromatic heterocycles. The molecule has 0 aromatic rings. The Morgan fingerprint density at radius 2 is 1.25 bits per heavy atom. The smallest absolute Gasteiger partial charge is 0.481 e. The third kappa shape index (κ3) is 9.03. The lowest BCUT2D eigenvalue weighted by molar-refractivity contribution is -0.172. The molecule has 9 N–H and O–H groups in total. The molecule has 0 radical (unpaired) electrons.